The Morgan fingerprint density at radius 3 is 1.49 bits per heavy atom. The van der Waals surface area contributed by atoms with Crippen LogP contribution >= 0.6 is 0 Å². The van der Waals surface area contributed by atoms with Crippen molar-refractivity contribution < 1.29 is 34.3 Å². The van der Waals surface area contributed by atoms with Crippen molar-refractivity contribution in [3.05, 3.63) is 164 Å². The first-order valence-electron chi connectivity index (χ1n) is 17.6. The molecule has 2 N–H and O–H groups in total. The Morgan fingerprint density at radius 2 is 1.05 bits per heavy atom. The van der Waals surface area contributed by atoms with Crippen LogP contribution in [0, 0.1) is 20.2 Å². The van der Waals surface area contributed by atoms with Gasteiger partial charge in [0, 0.05) is 75.8 Å². The van der Waals surface area contributed by atoms with Gasteiger partial charge >= 0.3 is 0 Å². The van der Waals surface area contributed by atoms with Crippen LogP contribution in [-0.2, 0) is 6.42 Å². The summed E-state index contributed by atoms with van der Waals surface area (Å²) in [5, 5.41) is 44.0. The van der Waals surface area contributed by atoms with E-state index in [-0.39, 0.29) is 54.6 Å². The lowest BCUT2D eigenvalue weighted by Gasteiger charge is -2.15. The number of carbonyl (C=O) groups is 1. The number of non-ortho nitro benzene ring substituents is 2. The molecule has 13 nitrogen and oxygen atoms in total. The standard InChI is InChI=1S/C22H20N2O5.C22H22N2O4.2CH4/c1-23(2)16-9-7-14(8-10-16)21(25)18-11-12-19(29-3)20(22(18)26)15-5-4-6-17(13-15)24(27)28;1-23(2)18-10-7-15(8-11-18)13-17-9-12-20(28-3)21(22(17)25)16-5-4-6-19(14-16)24(26)27;;/h4-13,26H,1-3H3;4-12,14,25H,13H2,1-3H3;2*1H4. The highest BCUT2D eigenvalue weighted by atomic mass is 16.6. The number of nitrogens with zero attached hydrogens (tertiary/aromatic N) is 4. The number of phenols is 2. The summed E-state index contributed by atoms with van der Waals surface area (Å²) in [6, 6.07) is 33.7. The Labute approximate surface area is 344 Å². The molecule has 13 heteroatoms. The smallest absolute Gasteiger partial charge is 0.270 e. The molecule has 0 saturated carbocycles. The molecule has 6 aromatic rings. The Bertz CT molecular complexity index is 2410. The monoisotopic (exact) mass is 802 g/mol. The number of aromatic hydroxyl groups is 2. The van der Waals surface area contributed by atoms with Crippen molar-refractivity contribution in [3.63, 3.8) is 0 Å². The third-order valence-electron chi connectivity index (χ3n) is 9.23. The van der Waals surface area contributed by atoms with E-state index in [9.17, 15) is 35.2 Å². The second-order valence-electron chi connectivity index (χ2n) is 13.3. The minimum atomic E-state index is -0.520. The number of carbonyl (C=O) groups excluding carboxylic acids is 1. The highest BCUT2D eigenvalue weighted by molar-refractivity contribution is 6.12. The number of phenolic OH excluding ortho intramolecular Hbond substituents is 2. The molecule has 0 aromatic heterocycles. The molecule has 0 unspecified atom stereocenters. The van der Waals surface area contributed by atoms with Crippen LogP contribution in [0.5, 0.6) is 23.0 Å². The van der Waals surface area contributed by atoms with Crippen molar-refractivity contribution in [3.8, 4) is 45.3 Å². The lowest BCUT2D eigenvalue weighted by Crippen LogP contribution is -2.09. The molecule has 0 aliphatic heterocycles. The highest BCUT2D eigenvalue weighted by Crippen LogP contribution is 2.43. The summed E-state index contributed by atoms with van der Waals surface area (Å²) in [4.78, 5) is 38.2. The Balaban J connectivity index is 0.000000305. The zero-order valence-electron chi connectivity index (χ0n) is 32.3. The molecule has 0 fully saturated rings. The fraction of sp³-hybridized carbons (Fsp3) is 0.196. The number of ketones is 1. The number of methoxy groups -OCH3 is 2. The van der Waals surface area contributed by atoms with Crippen molar-refractivity contribution in [2.75, 3.05) is 52.2 Å². The summed E-state index contributed by atoms with van der Waals surface area (Å²) in [6.45, 7) is 0. The molecule has 0 amide bonds. The van der Waals surface area contributed by atoms with Gasteiger partial charge in [-0.2, -0.15) is 0 Å². The Morgan fingerprint density at radius 1 is 0.610 bits per heavy atom. The Kier molecular flexibility index (Phi) is 15.7. The second kappa shape index (κ2) is 20.1. The molecule has 59 heavy (non-hydrogen) atoms. The number of ether oxygens (including phenoxy) is 2. The quantitative estimate of drug-likeness (QED) is 0.0686. The first kappa shape index (κ1) is 46.0. The second-order valence-corrected chi connectivity index (χ2v) is 13.3. The Hall–Kier alpha value is -7.41. The van der Waals surface area contributed by atoms with Crippen LogP contribution in [0.15, 0.2) is 121 Å². The predicted octanol–water partition coefficient (Wildman–Crippen LogP) is 10.2. The van der Waals surface area contributed by atoms with Gasteiger partial charge in [0.1, 0.15) is 23.0 Å². The van der Waals surface area contributed by atoms with E-state index in [1.807, 2.05) is 80.5 Å². The normalized spacial score (nSPS) is 10.1. The van der Waals surface area contributed by atoms with Crippen LogP contribution in [0.1, 0.15) is 41.9 Å². The van der Waals surface area contributed by atoms with Gasteiger partial charge in [-0.25, -0.2) is 0 Å². The maximum atomic E-state index is 13.0. The molecular weight excluding hydrogens is 753 g/mol. The van der Waals surface area contributed by atoms with Crippen molar-refractivity contribution in [2.24, 2.45) is 0 Å². The molecule has 308 valence electrons. The summed E-state index contributed by atoms with van der Waals surface area (Å²) in [5.41, 5.74) is 5.75. The van der Waals surface area contributed by atoms with Gasteiger partial charge in [-0.15, -0.1) is 0 Å². The van der Waals surface area contributed by atoms with Gasteiger partial charge in [-0.1, -0.05) is 57.3 Å². The lowest BCUT2D eigenvalue weighted by atomic mass is 9.95. The van der Waals surface area contributed by atoms with Gasteiger partial charge in [0.05, 0.1) is 40.8 Å². The molecule has 0 spiro atoms. The zero-order chi connectivity index (χ0) is 41.4. The fourth-order valence-electron chi connectivity index (χ4n) is 6.16. The van der Waals surface area contributed by atoms with E-state index in [1.54, 1.807) is 42.5 Å². The van der Waals surface area contributed by atoms with Crippen LogP contribution in [0.2, 0.25) is 0 Å². The van der Waals surface area contributed by atoms with E-state index in [0.29, 0.717) is 40.2 Å². The zero-order valence-corrected chi connectivity index (χ0v) is 32.3. The number of rotatable bonds is 12. The number of hydrogen-bond donors (Lipinski definition) is 2. The van der Waals surface area contributed by atoms with Crippen LogP contribution < -0.4 is 19.3 Å². The van der Waals surface area contributed by atoms with E-state index in [2.05, 4.69) is 0 Å². The maximum absolute atomic E-state index is 13.0. The van der Waals surface area contributed by atoms with Gasteiger partial charge < -0.3 is 29.5 Å². The van der Waals surface area contributed by atoms with Gasteiger partial charge in [0.15, 0.2) is 5.78 Å². The van der Waals surface area contributed by atoms with Crippen molar-refractivity contribution in [1.82, 2.24) is 0 Å². The average Bonchev–Trinajstić information content (AvgIpc) is 3.21. The number of benzene rings is 6. The van der Waals surface area contributed by atoms with Crippen molar-refractivity contribution in [1.29, 1.82) is 0 Å². The summed E-state index contributed by atoms with van der Waals surface area (Å²) >= 11 is 0. The van der Waals surface area contributed by atoms with Gasteiger partial charge in [-0.05, 0) is 76.9 Å². The molecule has 6 rings (SSSR count). The number of anilines is 2. The molecule has 0 atom stereocenters. The largest absolute Gasteiger partial charge is 0.507 e. The summed E-state index contributed by atoms with van der Waals surface area (Å²) in [7, 11) is 10.7. The molecular formula is C46H50N4O9. The lowest BCUT2D eigenvalue weighted by molar-refractivity contribution is -0.385. The number of nitro benzene ring substituents is 2. The molecule has 0 radical (unpaired) electrons. The SMILES string of the molecule is C.C.COc1ccc(C(=O)c2ccc(N(C)C)cc2)c(O)c1-c1cccc([N+](=O)[O-])c1.COc1ccc(Cc2ccc(N(C)C)cc2)c(O)c1-c1cccc([N+](=O)[O-])c1. The maximum Gasteiger partial charge on any atom is 0.270 e. The van der Waals surface area contributed by atoms with E-state index in [4.69, 9.17) is 9.47 Å². The number of hydrogen-bond acceptors (Lipinski definition) is 11. The minimum Gasteiger partial charge on any atom is -0.507 e. The summed E-state index contributed by atoms with van der Waals surface area (Å²) in [6.07, 6.45) is 0.533. The molecule has 6 aromatic carbocycles. The fourth-order valence-corrected chi connectivity index (χ4v) is 6.16. The predicted molar refractivity (Wildman–Crippen MR) is 235 cm³/mol. The van der Waals surface area contributed by atoms with Gasteiger partial charge in [0.25, 0.3) is 11.4 Å². The van der Waals surface area contributed by atoms with E-state index in [1.165, 1.54) is 50.6 Å². The van der Waals surface area contributed by atoms with E-state index < -0.39 is 9.85 Å². The first-order chi connectivity index (χ1) is 27.2. The molecule has 0 saturated heterocycles. The molecule has 0 bridgehead atoms. The van der Waals surface area contributed by atoms with Gasteiger partial charge in [-0.3, -0.25) is 25.0 Å². The van der Waals surface area contributed by atoms with Crippen LogP contribution in [0.4, 0.5) is 22.7 Å². The first-order valence-corrected chi connectivity index (χ1v) is 17.6. The molecule has 0 aliphatic rings. The topological polar surface area (TPSA) is 169 Å². The van der Waals surface area contributed by atoms with Crippen molar-refractivity contribution >= 4 is 28.5 Å². The van der Waals surface area contributed by atoms with Crippen LogP contribution in [0.3, 0.4) is 0 Å². The molecule has 0 heterocycles. The van der Waals surface area contributed by atoms with Crippen LogP contribution in [0.25, 0.3) is 22.3 Å². The number of nitro groups is 2. The van der Waals surface area contributed by atoms with E-state index >= 15 is 0 Å². The van der Waals surface area contributed by atoms with Crippen molar-refractivity contribution in [2.45, 2.75) is 21.3 Å². The molecule has 0 aliphatic carbocycles. The third kappa shape index (κ3) is 10.5. The third-order valence-corrected chi connectivity index (χ3v) is 9.23. The minimum absolute atomic E-state index is 0. The van der Waals surface area contributed by atoms with Crippen LogP contribution in [-0.4, -0.2) is 68.3 Å². The summed E-state index contributed by atoms with van der Waals surface area (Å²) in [5.74, 6) is 0.192. The summed E-state index contributed by atoms with van der Waals surface area (Å²) < 4.78 is 10.7. The highest BCUT2D eigenvalue weighted by Gasteiger charge is 2.23. The van der Waals surface area contributed by atoms with Gasteiger partial charge in [0.2, 0.25) is 0 Å². The van der Waals surface area contributed by atoms with E-state index in [0.717, 1.165) is 22.5 Å². The average molecular weight is 803 g/mol.